The molecule has 3 N–H and O–H groups in total. The minimum atomic E-state index is -3.75. The SMILES string of the molecule is NS(=O)(=O)c1ccc(CNC(=O)C2CC(=O)N(Cc3ccc4c(c3)OCO4)C2)cc1. The lowest BCUT2D eigenvalue weighted by Crippen LogP contribution is -2.32. The number of nitrogens with zero attached hydrogens (tertiary/aromatic N) is 1. The van der Waals surface area contributed by atoms with Crippen LogP contribution in [0.2, 0.25) is 0 Å². The molecule has 0 radical (unpaired) electrons. The molecule has 4 rings (SSSR count). The number of ether oxygens (including phenoxy) is 2. The molecule has 2 aromatic rings. The second kappa shape index (κ2) is 7.96. The van der Waals surface area contributed by atoms with Crippen molar-refractivity contribution in [1.29, 1.82) is 0 Å². The van der Waals surface area contributed by atoms with Gasteiger partial charge in [0.25, 0.3) is 0 Å². The van der Waals surface area contributed by atoms with E-state index in [-0.39, 0.29) is 36.5 Å². The van der Waals surface area contributed by atoms with Crippen LogP contribution in [0.15, 0.2) is 47.4 Å². The summed E-state index contributed by atoms with van der Waals surface area (Å²) in [5.74, 6) is 0.607. The maximum absolute atomic E-state index is 12.5. The van der Waals surface area contributed by atoms with Gasteiger partial charge < -0.3 is 19.7 Å². The second-order valence-corrected chi connectivity index (χ2v) is 8.83. The van der Waals surface area contributed by atoms with Gasteiger partial charge in [0.1, 0.15) is 0 Å². The first-order valence-electron chi connectivity index (χ1n) is 9.35. The largest absolute Gasteiger partial charge is 0.454 e. The summed E-state index contributed by atoms with van der Waals surface area (Å²) in [6.07, 6.45) is 0.154. The Labute approximate surface area is 173 Å². The van der Waals surface area contributed by atoms with Gasteiger partial charge in [-0.1, -0.05) is 18.2 Å². The molecular formula is C20H21N3O6S. The standard InChI is InChI=1S/C20H21N3O6S/c21-30(26,27)16-4-1-13(2-5-16)9-22-20(25)15-8-19(24)23(11-15)10-14-3-6-17-18(7-14)29-12-28-17/h1-7,15H,8-12H2,(H,22,25)(H2,21,26,27). The molecule has 2 aliphatic heterocycles. The lowest BCUT2D eigenvalue weighted by atomic mass is 10.1. The van der Waals surface area contributed by atoms with Gasteiger partial charge >= 0.3 is 0 Å². The van der Waals surface area contributed by atoms with Gasteiger partial charge in [0.2, 0.25) is 28.6 Å². The molecule has 1 fully saturated rings. The van der Waals surface area contributed by atoms with Crippen molar-refractivity contribution >= 4 is 21.8 Å². The summed E-state index contributed by atoms with van der Waals surface area (Å²) in [7, 11) is -3.75. The van der Waals surface area contributed by atoms with E-state index in [4.69, 9.17) is 14.6 Å². The van der Waals surface area contributed by atoms with Gasteiger partial charge in [-0.15, -0.1) is 0 Å². The van der Waals surface area contributed by atoms with E-state index in [1.165, 1.54) is 12.1 Å². The third kappa shape index (κ3) is 4.39. The average Bonchev–Trinajstić information content (AvgIpc) is 3.32. The van der Waals surface area contributed by atoms with E-state index in [2.05, 4.69) is 5.32 Å². The number of fused-ring (bicyclic) bond motifs is 1. The predicted octanol–water partition coefficient (Wildman–Crippen LogP) is 0.728. The molecule has 158 valence electrons. The highest BCUT2D eigenvalue weighted by atomic mass is 32.2. The molecule has 10 heteroatoms. The summed E-state index contributed by atoms with van der Waals surface area (Å²) in [6.45, 7) is 1.16. The zero-order chi connectivity index (χ0) is 21.3. The van der Waals surface area contributed by atoms with E-state index in [9.17, 15) is 18.0 Å². The summed E-state index contributed by atoms with van der Waals surface area (Å²) in [6, 6.07) is 11.5. The van der Waals surface area contributed by atoms with E-state index in [0.717, 1.165) is 11.1 Å². The van der Waals surface area contributed by atoms with Gasteiger partial charge in [0.05, 0.1) is 10.8 Å². The summed E-state index contributed by atoms with van der Waals surface area (Å²) < 4.78 is 33.2. The average molecular weight is 431 g/mol. The minimum Gasteiger partial charge on any atom is -0.454 e. The molecule has 2 aliphatic rings. The Morgan fingerprint density at radius 3 is 2.53 bits per heavy atom. The van der Waals surface area contributed by atoms with Gasteiger partial charge in [-0.25, -0.2) is 13.6 Å². The number of hydrogen-bond acceptors (Lipinski definition) is 6. The Bertz CT molecular complexity index is 1080. The fraction of sp³-hybridized carbons (Fsp3) is 0.300. The molecule has 0 aromatic heterocycles. The molecule has 2 heterocycles. The number of sulfonamides is 1. The Balaban J connectivity index is 1.31. The van der Waals surface area contributed by atoms with Crippen molar-refractivity contribution in [3.8, 4) is 11.5 Å². The molecule has 9 nitrogen and oxygen atoms in total. The van der Waals surface area contributed by atoms with Crippen LogP contribution in [0.4, 0.5) is 0 Å². The van der Waals surface area contributed by atoms with E-state index in [1.54, 1.807) is 17.0 Å². The topological polar surface area (TPSA) is 128 Å². The number of amides is 2. The number of primary sulfonamides is 1. The van der Waals surface area contributed by atoms with Crippen molar-refractivity contribution in [2.24, 2.45) is 11.1 Å². The molecule has 0 bridgehead atoms. The number of carbonyl (C=O) groups is 2. The van der Waals surface area contributed by atoms with E-state index >= 15 is 0 Å². The number of nitrogens with one attached hydrogen (secondary N) is 1. The quantitative estimate of drug-likeness (QED) is 0.694. The number of nitrogens with two attached hydrogens (primary N) is 1. The number of likely N-dealkylation sites (tertiary alicyclic amines) is 1. The fourth-order valence-corrected chi connectivity index (χ4v) is 4.01. The van der Waals surface area contributed by atoms with Gasteiger partial charge in [-0.05, 0) is 35.4 Å². The van der Waals surface area contributed by atoms with Crippen LogP contribution in [0.5, 0.6) is 11.5 Å². The lowest BCUT2D eigenvalue weighted by molar-refractivity contribution is -0.129. The van der Waals surface area contributed by atoms with Gasteiger partial charge in [-0.3, -0.25) is 9.59 Å². The Morgan fingerprint density at radius 1 is 1.10 bits per heavy atom. The molecule has 0 saturated carbocycles. The molecule has 0 spiro atoms. The number of rotatable bonds is 6. The van der Waals surface area contributed by atoms with Crippen molar-refractivity contribution < 1.29 is 27.5 Å². The molecule has 30 heavy (non-hydrogen) atoms. The third-order valence-electron chi connectivity index (χ3n) is 5.11. The van der Waals surface area contributed by atoms with Crippen LogP contribution in [0, 0.1) is 5.92 Å². The second-order valence-electron chi connectivity index (χ2n) is 7.27. The van der Waals surface area contributed by atoms with Crippen LogP contribution >= 0.6 is 0 Å². The van der Waals surface area contributed by atoms with Crippen LogP contribution < -0.4 is 19.9 Å². The van der Waals surface area contributed by atoms with Crippen LogP contribution in [0.25, 0.3) is 0 Å². The molecule has 1 atom stereocenters. The van der Waals surface area contributed by atoms with Gasteiger partial charge in [-0.2, -0.15) is 0 Å². The molecule has 2 amide bonds. The minimum absolute atomic E-state index is 0.0122. The Hall–Kier alpha value is -3.11. The van der Waals surface area contributed by atoms with E-state index in [0.29, 0.717) is 24.6 Å². The highest BCUT2D eigenvalue weighted by molar-refractivity contribution is 7.89. The summed E-state index contributed by atoms with van der Waals surface area (Å²) in [4.78, 5) is 26.5. The number of carbonyl (C=O) groups excluding carboxylic acids is 2. The zero-order valence-corrected chi connectivity index (χ0v) is 16.9. The van der Waals surface area contributed by atoms with Crippen molar-refractivity contribution in [2.75, 3.05) is 13.3 Å². The maximum Gasteiger partial charge on any atom is 0.238 e. The maximum atomic E-state index is 12.5. The Kier molecular flexibility index (Phi) is 5.35. The Morgan fingerprint density at radius 2 is 1.80 bits per heavy atom. The van der Waals surface area contributed by atoms with Crippen molar-refractivity contribution in [3.63, 3.8) is 0 Å². The van der Waals surface area contributed by atoms with Crippen LogP contribution in [0.1, 0.15) is 17.5 Å². The van der Waals surface area contributed by atoms with E-state index < -0.39 is 15.9 Å². The van der Waals surface area contributed by atoms with Crippen molar-refractivity contribution in [3.05, 3.63) is 53.6 Å². The normalized spacial score (nSPS) is 18.0. The first kappa shape index (κ1) is 20.2. The van der Waals surface area contributed by atoms with Gasteiger partial charge in [0.15, 0.2) is 11.5 Å². The van der Waals surface area contributed by atoms with E-state index in [1.807, 2.05) is 18.2 Å². The first-order valence-corrected chi connectivity index (χ1v) is 10.9. The lowest BCUT2D eigenvalue weighted by Gasteiger charge is -2.17. The molecular weight excluding hydrogens is 410 g/mol. The highest BCUT2D eigenvalue weighted by Crippen LogP contribution is 2.33. The van der Waals surface area contributed by atoms with Crippen molar-refractivity contribution in [1.82, 2.24) is 10.2 Å². The summed E-state index contributed by atoms with van der Waals surface area (Å²) >= 11 is 0. The first-order chi connectivity index (χ1) is 14.3. The summed E-state index contributed by atoms with van der Waals surface area (Å²) in [5.41, 5.74) is 1.64. The van der Waals surface area contributed by atoms with Gasteiger partial charge in [0, 0.05) is 26.1 Å². The van der Waals surface area contributed by atoms with Crippen LogP contribution in [-0.4, -0.2) is 38.5 Å². The number of benzene rings is 2. The van der Waals surface area contributed by atoms with Crippen LogP contribution in [-0.2, 0) is 32.7 Å². The molecule has 2 aromatic carbocycles. The molecule has 0 aliphatic carbocycles. The number of hydrogen-bond donors (Lipinski definition) is 2. The van der Waals surface area contributed by atoms with Crippen molar-refractivity contribution in [2.45, 2.75) is 24.4 Å². The monoisotopic (exact) mass is 431 g/mol. The fourth-order valence-electron chi connectivity index (χ4n) is 3.49. The predicted molar refractivity (Wildman–Crippen MR) is 106 cm³/mol. The summed E-state index contributed by atoms with van der Waals surface area (Å²) in [5, 5.41) is 7.88. The van der Waals surface area contributed by atoms with Crippen LogP contribution in [0.3, 0.4) is 0 Å². The zero-order valence-electron chi connectivity index (χ0n) is 16.0. The smallest absolute Gasteiger partial charge is 0.238 e. The highest BCUT2D eigenvalue weighted by Gasteiger charge is 2.34. The third-order valence-corrected chi connectivity index (χ3v) is 6.04. The molecule has 1 saturated heterocycles. The molecule has 1 unspecified atom stereocenters.